The topological polar surface area (TPSA) is 82.0 Å². The number of halogens is 1. The SMILES string of the molecule is CC(C)CN1C2=C(CCN(C(=O)O)CC2)CN1c1nnc(-c2ccc(OC(C)C)c(Cl)c2)s1. The Morgan fingerprint density at radius 2 is 1.97 bits per heavy atom. The Bertz CT molecular complexity index is 1050. The zero-order chi connectivity index (χ0) is 23.7. The first-order chi connectivity index (χ1) is 15.7. The van der Waals surface area contributed by atoms with Crippen LogP contribution in [0.5, 0.6) is 5.75 Å². The van der Waals surface area contributed by atoms with Crippen LogP contribution in [0.1, 0.15) is 40.5 Å². The van der Waals surface area contributed by atoms with Crippen molar-refractivity contribution in [1.29, 1.82) is 0 Å². The van der Waals surface area contributed by atoms with Gasteiger partial charge in [0.15, 0.2) is 0 Å². The summed E-state index contributed by atoms with van der Waals surface area (Å²) in [5.41, 5.74) is 3.41. The molecule has 0 fully saturated rings. The van der Waals surface area contributed by atoms with Crippen molar-refractivity contribution in [3.05, 3.63) is 34.5 Å². The van der Waals surface area contributed by atoms with Crippen molar-refractivity contribution in [2.75, 3.05) is 31.2 Å². The molecule has 1 aromatic carbocycles. The summed E-state index contributed by atoms with van der Waals surface area (Å²) in [4.78, 5) is 13.0. The molecule has 1 amide bonds. The van der Waals surface area contributed by atoms with Crippen molar-refractivity contribution in [3.8, 4) is 16.3 Å². The fraction of sp³-hybridized carbons (Fsp3) is 0.522. The van der Waals surface area contributed by atoms with Crippen molar-refractivity contribution in [1.82, 2.24) is 20.1 Å². The van der Waals surface area contributed by atoms with Crippen molar-refractivity contribution in [2.45, 2.75) is 46.6 Å². The molecule has 0 saturated heterocycles. The highest BCUT2D eigenvalue weighted by Gasteiger charge is 2.34. The molecule has 0 radical (unpaired) electrons. The normalized spacial score (nSPS) is 16.6. The highest BCUT2D eigenvalue weighted by atomic mass is 35.5. The molecule has 1 aromatic heterocycles. The van der Waals surface area contributed by atoms with Crippen LogP contribution in [0.3, 0.4) is 0 Å². The van der Waals surface area contributed by atoms with Gasteiger partial charge in [0.05, 0.1) is 17.7 Å². The number of hydrogen-bond acceptors (Lipinski definition) is 7. The van der Waals surface area contributed by atoms with E-state index in [-0.39, 0.29) is 6.10 Å². The fourth-order valence-corrected chi connectivity index (χ4v) is 5.25. The lowest BCUT2D eigenvalue weighted by Crippen LogP contribution is -2.41. The first-order valence-electron chi connectivity index (χ1n) is 11.3. The molecular weight excluding hydrogens is 462 g/mol. The van der Waals surface area contributed by atoms with Crippen LogP contribution < -0.4 is 9.75 Å². The van der Waals surface area contributed by atoms with E-state index in [2.05, 4.69) is 34.1 Å². The summed E-state index contributed by atoms with van der Waals surface area (Å²) in [5.74, 6) is 1.10. The lowest BCUT2D eigenvalue weighted by molar-refractivity contribution is 0.146. The minimum absolute atomic E-state index is 0.0499. The van der Waals surface area contributed by atoms with Crippen LogP contribution in [0.4, 0.5) is 9.93 Å². The second-order valence-corrected chi connectivity index (χ2v) is 10.4. The number of ether oxygens (including phenoxy) is 1. The molecule has 10 heteroatoms. The van der Waals surface area contributed by atoms with Gasteiger partial charge in [0.1, 0.15) is 10.8 Å². The zero-order valence-corrected chi connectivity index (χ0v) is 21.0. The van der Waals surface area contributed by atoms with E-state index in [0.717, 1.165) is 28.7 Å². The molecule has 3 heterocycles. The smallest absolute Gasteiger partial charge is 0.407 e. The maximum atomic E-state index is 11.5. The van der Waals surface area contributed by atoms with Gasteiger partial charge in [-0.3, -0.25) is 10.0 Å². The molecule has 0 atom stereocenters. The van der Waals surface area contributed by atoms with Crippen LogP contribution in [0, 0.1) is 5.92 Å². The summed E-state index contributed by atoms with van der Waals surface area (Å²) in [6, 6.07) is 5.70. The number of carboxylic acid groups (broad SMARTS) is 1. The van der Waals surface area contributed by atoms with E-state index in [1.165, 1.54) is 27.5 Å². The summed E-state index contributed by atoms with van der Waals surface area (Å²) in [7, 11) is 0. The predicted octanol–water partition coefficient (Wildman–Crippen LogP) is 5.37. The van der Waals surface area contributed by atoms with Gasteiger partial charge in [-0.15, -0.1) is 10.2 Å². The molecule has 2 aliphatic rings. The molecule has 33 heavy (non-hydrogen) atoms. The molecule has 4 rings (SSSR count). The van der Waals surface area contributed by atoms with Crippen LogP contribution in [-0.4, -0.2) is 63.6 Å². The molecule has 1 N–H and O–H groups in total. The van der Waals surface area contributed by atoms with E-state index in [9.17, 15) is 9.90 Å². The number of hydrazine groups is 1. The number of hydrogen-bond donors (Lipinski definition) is 1. The number of rotatable bonds is 6. The third kappa shape index (κ3) is 5.19. The number of benzene rings is 1. The van der Waals surface area contributed by atoms with Gasteiger partial charge in [-0.2, -0.15) is 0 Å². The average Bonchev–Trinajstić information content (AvgIpc) is 3.28. The molecule has 0 saturated carbocycles. The van der Waals surface area contributed by atoms with Crippen LogP contribution in [0.15, 0.2) is 29.5 Å². The zero-order valence-electron chi connectivity index (χ0n) is 19.4. The summed E-state index contributed by atoms with van der Waals surface area (Å²) >= 11 is 7.96. The lowest BCUT2D eigenvalue weighted by Gasteiger charge is -2.33. The summed E-state index contributed by atoms with van der Waals surface area (Å²) in [5, 5.41) is 25.0. The molecule has 2 aliphatic heterocycles. The van der Waals surface area contributed by atoms with Crippen LogP contribution in [0.2, 0.25) is 5.02 Å². The van der Waals surface area contributed by atoms with E-state index in [1.54, 1.807) is 0 Å². The van der Waals surface area contributed by atoms with Gasteiger partial charge in [0.25, 0.3) is 0 Å². The molecule has 0 bridgehead atoms. The Balaban J connectivity index is 1.56. The van der Waals surface area contributed by atoms with Crippen LogP contribution >= 0.6 is 22.9 Å². The Kier molecular flexibility index (Phi) is 6.99. The third-order valence-electron chi connectivity index (χ3n) is 5.64. The van der Waals surface area contributed by atoms with Gasteiger partial charge in [-0.05, 0) is 50.0 Å². The maximum absolute atomic E-state index is 11.5. The Labute approximate surface area is 203 Å². The summed E-state index contributed by atoms with van der Waals surface area (Å²) < 4.78 is 5.73. The van der Waals surface area contributed by atoms with Gasteiger partial charge in [-0.25, -0.2) is 4.79 Å². The van der Waals surface area contributed by atoms with Gasteiger partial charge >= 0.3 is 6.09 Å². The molecule has 0 unspecified atom stereocenters. The van der Waals surface area contributed by atoms with Crippen LogP contribution in [-0.2, 0) is 0 Å². The number of nitrogens with zero attached hydrogens (tertiary/aromatic N) is 5. The minimum atomic E-state index is -0.847. The Hall–Kier alpha value is -2.52. The summed E-state index contributed by atoms with van der Waals surface area (Å²) in [6.07, 6.45) is 0.656. The van der Waals surface area contributed by atoms with E-state index < -0.39 is 6.09 Å². The van der Waals surface area contributed by atoms with E-state index in [4.69, 9.17) is 16.3 Å². The molecule has 2 aromatic rings. The standard InChI is InChI=1S/C23H30ClN5O3S/c1-14(2)12-28-19-8-10-27(23(30)31)9-7-17(19)13-29(28)22-26-25-21(33-22)16-5-6-20(18(24)11-16)32-15(3)4/h5-6,11,14-15H,7-10,12-13H2,1-4H3,(H,30,31). The highest BCUT2D eigenvalue weighted by Crippen LogP contribution is 2.39. The number of carbonyl (C=O) groups is 1. The van der Waals surface area contributed by atoms with Crippen LogP contribution in [0.25, 0.3) is 10.6 Å². The summed E-state index contributed by atoms with van der Waals surface area (Å²) in [6.45, 7) is 10.9. The molecule has 8 nitrogen and oxygen atoms in total. The molecule has 0 spiro atoms. The Morgan fingerprint density at radius 3 is 2.64 bits per heavy atom. The third-order valence-corrected chi connectivity index (χ3v) is 6.92. The second kappa shape index (κ2) is 9.77. The first-order valence-corrected chi connectivity index (χ1v) is 12.5. The minimum Gasteiger partial charge on any atom is -0.489 e. The highest BCUT2D eigenvalue weighted by molar-refractivity contribution is 7.18. The van der Waals surface area contributed by atoms with Crippen molar-refractivity contribution < 1.29 is 14.6 Å². The number of amides is 1. The Morgan fingerprint density at radius 1 is 1.21 bits per heavy atom. The van der Waals surface area contributed by atoms with E-state index in [1.807, 2.05) is 32.0 Å². The van der Waals surface area contributed by atoms with Gasteiger partial charge in [0, 0.05) is 37.3 Å². The molecule has 178 valence electrons. The monoisotopic (exact) mass is 491 g/mol. The number of anilines is 1. The van der Waals surface area contributed by atoms with Crippen molar-refractivity contribution >= 4 is 34.2 Å². The van der Waals surface area contributed by atoms with Gasteiger partial charge in [0.2, 0.25) is 5.13 Å². The molecular formula is C23H30ClN5O3S. The fourth-order valence-electron chi connectivity index (χ4n) is 4.17. The van der Waals surface area contributed by atoms with Crippen molar-refractivity contribution in [2.24, 2.45) is 5.92 Å². The largest absolute Gasteiger partial charge is 0.489 e. The second-order valence-electron chi connectivity index (χ2n) is 9.06. The van der Waals surface area contributed by atoms with E-state index >= 15 is 0 Å². The average molecular weight is 492 g/mol. The van der Waals surface area contributed by atoms with Gasteiger partial charge < -0.3 is 14.7 Å². The first kappa shape index (κ1) is 23.6. The van der Waals surface area contributed by atoms with Crippen molar-refractivity contribution in [3.63, 3.8) is 0 Å². The number of aromatic nitrogens is 2. The maximum Gasteiger partial charge on any atom is 0.407 e. The quantitative estimate of drug-likeness (QED) is 0.581. The predicted molar refractivity (Wildman–Crippen MR) is 131 cm³/mol. The lowest BCUT2D eigenvalue weighted by atomic mass is 10.1. The van der Waals surface area contributed by atoms with Gasteiger partial charge in [-0.1, -0.05) is 36.8 Å². The van der Waals surface area contributed by atoms with E-state index in [0.29, 0.717) is 42.7 Å². The molecule has 0 aliphatic carbocycles.